The van der Waals surface area contributed by atoms with Crippen molar-refractivity contribution >= 4 is 27.6 Å². The molecule has 25 heavy (non-hydrogen) atoms. The van der Waals surface area contributed by atoms with Gasteiger partial charge in [-0.3, -0.25) is 0 Å². The number of hydrogen-bond acceptors (Lipinski definition) is 4. The Morgan fingerprint density at radius 2 is 1.88 bits per heavy atom. The van der Waals surface area contributed by atoms with Crippen LogP contribution in [0.15, 0.2) is 53.4 Å². The van der Waals surface area contributed by atoms with Gasteiger partial charge < -0.3 is 4.74 Å². The predicted octanol–water partition coefficient (Wildman–Crippen LogP) is 3.48. The molecular weight excluding hydrogens is 362 g/mol. The van der Waals surface area contributed by atoms with Crippen LogP contribution in [0.2, 0.25) is 5.02 Å². The van der Waals surface area contributed by atoms with E-state index in [0.29, 0.717) is 0 Å². The molecule has 1 aliphatic carbocycles. The zero-order chi connectivity index (χ0) is 18.0. The molecule has 0 N–H and O–H groups in total. The van der Waals surface area contributed by atoms with Gasteiger partial charge in [-0.05, 0) is 36.6 Å². The lowest BCUT2D eigenvalue weighted by Gasteiger charge is -2.23. The van der Waals surface area contributed by atoms with E-state index >= 15 is 0 Å². The van der Waals surface area contributed by atoms with Crippen molar-refractivity contribution in [2.45, 2.75) is 30.3 Å². The van der Waals surface area contributed by atoms with Crippen LogP contribution in [0, 0.1) is 0 Å². The van der Waals surface area contributed by atoms with Crippen molar-refractivity contribution in [3.8, 4) is 0 Å². The number of nitrogens with zero attached hydrogens (tertiary/aromatic N) is 1. The van der Waals surface area contributed by atoms with Gasteiger partial charge in [0.05, 0.1) is 17.7 Å². The number of methoxy groups -OCH3 is 1. The van der Waals surface area contributed by atoms with Crippen LogP contribution < -0.4 is 0 Å². The average molecular weight is 380 g/mol. The summed E-state index contributed by atoms with van der Waals surface area (Å²) in [6.45, 7) is 0.270. The van der Waals surface area contributed by atoms with E-state index in [0.717, 1.165) is 18.4 Å². The largest absolute Gasteiger partial charge is 0.465 e. The van der Waals surface area contributed by atoms with Gasteiger partial charge in [-0.2, -0.15) is 4.31 Å². The van der Waals surface area contributed by atoms with Crippen LogP contribution in [0.25, 0.3) is 0 Å². The third kappa shape index (κ3) is 3.86. The smallest absolute Gasteiger partial charge is 0.337 e. The van der Waals surface area contributed by atoms with Crippen LogP contribution in [0.1, 0.15) is 28.8 Å². The van der Waals surface area contributed by atoms with Crippen LogP contribution in [0.3, 0.4) is 0 Å². The standard InChI is InChI=1S/C18H18ClNO4S/c1-24-18(21)14-7-10-16(19)17(11-14)25(22,23)20(15-8-9-15)12-13-5-3-2-4-6-13/h2-7,10-11,15H,8-9,12H2,1H3. The molecule has 0 spiro atoms. The van der Waals surface area contributed by atoms with E-state index in [4.69, 9.17) is 11.6 Å². The first-order valence-electron chi connectivity index (χ1n) is 7.87. The Labute approximate surface area is 152 Å². The fraction of sp³-hybridized carbons (Fsp3) is 0.278. The highest BCUT2D eigenvalue weighted by molar-refractivity contribution is 7.89. The zero-order valence-corrected chi connectivity index (χ0v) is 15.3. The van der Waals surface area contributed by atoms with Gasteiger partial charge in [-0.25, -0.2) is 13.2 Å². The van der Waals surface area contributed by atoms with E-state index in [2.05, 4.69) is 4.74 Å². The number of ether oxygens (including phenoxy) is 1. The van der Waals surface area contributed by atoms with Crippen LogP contribution in [-0.2, 0) is 21.3 Å². The molecule has 1 fully saturated rings. The summed E-state index contributed by atoms with van der Waals surface area (Å²) in [5.74, 6) is -0.603. The van der Waals surface area contributed by atoms with Crippen molar-refractivity contribution in [2.75, 3.05) is 7.11 Å². The minimum absolute atomic E-state index is 0.0388. The maximum atomic E-state index is 13.2. The van der Waals surface area contributed by atoms with Crippen LogP contribution in [0.4, 0.5) is 0 Å². The van der Waals surface area contributed by atoms with Gasteiger partial charge >= 0.3 is 5.97 Å². The van der Waals surface area contributed by atoms with Crippen molar-refractivity contribution in [1.29, 1.82) is 0 Å². The number of esters is 1. The molecule has 132 valence electrons. The molecule has 0 amide bonds. The van der Waals surface area contributed by atoms with Crippen molar-refractivity contribution in [2.24, 2.45) is 0 Å². The molecule has 0 aromatic heterocycles. The number of carbonyl (C=O) groups excluding carboxylic acids is 1. The number of carbonyl (C=O) groups is 1. The summed E-state index contributed by atoms with van der Waals surface area (Å²) < 4.78 is 32.5. The van der Waals surface area contributed by atoms with Gasteiger partial charge in [-0.15, -0.1) is 0 Å². The lowest BCUT2D eigenvalue weighted by atomic mass is 10.2. The fourth-order valence-electron chi connectivity index (χ4n) is 2.61. The SMILES string of the molecule is COC(=O)c1ccc(Cl)c(S(=O)(=O)N(Cc2ccccc2)C2CC2)c1. The van der Waals surface area contributed by atoms with E-state index in [1.165, 1.54) is 29.6 Å². The molecule has 5 nitrogen and oxygen atoms in total. The highest BCUT2D eigenvalue weighted by Crippen LogP contribution is 2.36. The number of hydrogen-bond donors (Lipinski definition) is 0. The summed E-state index contributed by atoms with van der Waals surface area (Å²) in [7, 11) is -2.59. The van der Waals surface area contributed by atoms with Gasteiger partial charge in [0, 0.05) is 12.6 Å². The van der Waals surface area contributed by atoms with Gasteiger partial charge in [0.15, 0.2) is 0 Å². The fourth-order valence-corrected chi connectivity index (χ4v) is 4.78. The highest BCUT2D eigenvalue weighted by atomic mass is 35.5. The van der Waals surface area contributed by atoms with Gasteiger partial charge in [0.2, 0.25) is 10.0 Å². The van der Waals surface area contributed by atoms with E-state index in [-0.39, 0.29) is 28.1 Å². The molecule has 0 aliphatic heterocycles. The first kappa shape index (κ1) is 17.9. The number of rotatable bonds is 6. The van der Waals surface area contributed by atoms with Gasteiger partial charge in [-0.1, -0.05) is 41.9 Å². The molecule has 0 unspecified atom stereocenters. The number of sulfonamides is 1. The maximum absolute atomic E-state index is 13.2. The predicted molar refractivity (Wildman–Crippen MR) is 95.0 cm³/mol. The molecule has 0 radical (unpaired) electrons. The summed E-state index contributed by atoms with van der Waals surface area (Å²) >= 11 is 6.14. The van der Waals surface area contributed by atoms with E-state index in [9.17, 15) is 13.2 Å². The monoisotopic (exact) mass is 379 g/mol. The molecule has 1 saturated carbocycles. The van der Waals surface area contributed by atoms with E-state index < -0.39 is 16.0 Å². The summed E-state index contributed by atoms with van der Waals surface area (Å²) in [5.41, 5.74) is 1.05. The molecule has 2 aromatic carbocycles. The Balaban J connectivity index is 2.00. The molecule has 3 rings (SSSR count). The number of halogens is 1. The Morgan fingerprint density at radius 3 is 2.48 bits per heavy atom. The molecule has 2 aromatic rings. The molecule has 0 atom stereocenters. The lowest BCUT2D eigenvalue weighted by Crippen LogP contribution is -2.33. The highest BCUT2D eigenvalue weighted by Gasteiger charge is 2.39. The maximum Gasteiger partial charge on any atom is 0.337 e. The van der Waals surface area contributed by atoms with Gasteiger partial charge in [0.1, 0.15) is 4.90 Å². The Morgan fingerprint density at radius 1 is 1.20 bits per heavy atom. The van der Waals surface area contributed by atoms with Crippen molar-refractivity contribution in [3.63, 3.8) is 0 Å². The zero-order valence-electron chi connectivity index (χ0n) is 13.7. The third-order valence-electron chi connectivity index (χ3n) is 4.07. The first-order valence-corrected chi connectivity index (χ1v) is 9.69. The normalized spacial score (nSPS) is 14.5. The topological polar surface area (TPSA) is 63.7 Å². The van der Waals surface area contributed by atoms with E-state index in [1.54, 1.807) is 0 Å². The van der Waals surface area contributed by atoms with Gasteiger partial charge in [0.25, 0.3) is 0 Å². The molecular formula is C18H18ClNO4S. The van der Waals surface area contributed by atoms with Crippen molar-refractivity contribution in [1.82, 2.24) is 4.31 Å². The minimum Gasteiger partial charge on any atom is -0.465 e. The minimum atomic E-state index is -3.84. The second kappa shape index (κ2) is 7.15. The molecule has 7 heteroatoms. The average Bonchev–Trinajstić information content (AvgIpc) is 3.45. The summed E-state index contributed by atoms with van der Waals surface area (Å²) in [5, 5.41) is 0.0892. The second-order valence-corrected chi connectivity index (χ2v) is 8.17. The van der Waals surface area contributed by atoms with Crippen LogP contribution in [-0.4, -0.2) is 31.8 Å². The quantitative estimate of drug-likeness (QED) is 0.721. The number of benzene rings is 2. The van der Waals surface area contributed by atoms with Crippen LogP contribution in [0.5, 0.6) is 0 Å². The van der Waals surface area contributed by atoms with Crippen LogP contribution >= 0.6 is 11.6 Å². The Hall–Kier alpha value is -1.89. The lowest BCUT2D eigenvalue weighted by molar-refractivity contribution is 0.0600. The summed E-state index contributed by atoms with van der Waals surface area (Å²) in [6.07, 6.45) is 1.64. The first-order chi connectivity index (χ1) is 11.9. The summed E-state index contributed by atoms with van der Waals surface area (Å²) in [4.78, 5) is 11.7. The Kier molecular flexibility index (Phi) is 5.13. The Bertz CT molecular complexity index is 879. The second-order valence-electron chi connectivity index (χ2n) is 5.90. The molecule has 1 aliphatic rings. The third-order valence-corrected chi connectivity index (χ3v) is 6.45. The molecule has 0 bridgehead atoms. The van der Waals surface area contributed by atoms with Crippen molar-refractivity contribution in [3.05, 3.63) is 64.7 Å². The molecule has 0 heterocycles. The summed E-state index contributed by atoms with van der Waals surface area (Å²) in [6, 6.07) is 13.5. The van der Waals surface area contributed by atoms with Crippen molar-refractivity contribution < 1.29 is 17.9 Å². The van der Waals surface area contributed by atoms with E-state index in [1.807, 2.05) is 30.3 Å². The molecule has 0 saturated heterocycles.